The number of carbonyl (C=O) groups excluding carboxylic acids is 1. The number of likely N-dealkylation sites (tertiary alicyclic amines) is 1. The number of hydrogen-bond donors (Lipinski definition) is 1. The number of rotatable bonds is 6. The molecule has 1 N–H and O–H groups in total. The van der Waals surface area contributed by atoms with Crippen molar-refractivity contribution < 1.29 is 9.53 Å². The average Bonchev–Trinajstić information content (AvgIpc) is 2.73. The first-order chi connectivity index (χ1) is 13.9. The first-order valence-corrected chi connectivity index (χ1v) is 11.0. The smallest absolute Gasteiger partial charge is 0.244 e. The lowest BCUT2D eigenvalue weighted by Crippen LogP contribution is -2.62. The van der Waals surface area contributed by atoms with E-state index < -0.39 is 0 Å². The Morgan fingerprint density at radius 1 is 1.14 bits per heavy atom. The van der Waals surface area contributed by atoms with Gasteiger partial charge in [-0.2, -0.15) is 0 Å². The minimum Gasteiger partial charge on any atom is -0.379 e. The van der Waals surface area contributed by atoms with E-state index in [1.54, 1.807) is 6.08 Å². The minimum absolute atomic E-state index is 0.0147. The molecule has 0 bridgehead atoms. The van der Waals surface area contributed by atoms with Crippen molar-refractivity contribution >= 4 is 11.5 Å². The number of benzene rings is 1. The van der Waals surface area contributed by atoms with E-state index in [0.717, 1.165) is 63.4 Å². The van der Waals surface area contributed by atoms with Crippen molar-refractivity contribution in [1.82, 2.24) is 15.1 Å². The topological polar surface area (TPSA) is 44.8 Å². The molecule has 29 heavy (non-hydrogen) atoms. The molecule has 0 unspecified atom stereocenters. The number of nitrogens with zero attached hydrogens (tertiary/aromatic N) is 2. The Morgan fingerprint density at radius 2 is 1.76 bits per heavy atom. The van der Waals surface area contributed by atoms with E-state index in [1.807, 2.05) is 0 Å². The standard InChI is InChI=1S/C24H37N3O2/c1-19(2)22(21-7-5-20(3)6-8-21)17-23(28)25-18-24(9-11-26(4)12-10-24)27-13-15-29-16-14-27/h5-8,17,19H,9-16,18H2,1-4H3,(H,25,28)/b22-17+. The Hall–Kier alpha value is -1.69. The van der Waals surface area contributed by atoms with Crippen LogP contribution >= 0.6 is 0 Å². The molecule has 5 heteroatoms. The highest BCUT2D eigenvalue weighted by Gasteiger charge is 2.40. The molecule has 0 aliphatic carbocycles. The van der Waals surface area contributed by atoms with Gasteiger partial charge < -0.3 is 15.0 Å². The number of ether oxygens (including phenoxy) is 1. The van der Waals surface area contributed by atoms with Gasteiger partial charge in [-0.15, -0.1) is 0 Å². The average molecular weight is 400 g/mol. The molecule has 1 aromatic rings. The molecule has 2 saturated heterocycles. The van der Waals surface area contributed by atoms with Crippen LogP contribution in [0.25, 0.3) is 5.57 Å². The fourth-order valence-corrected chi connectivity index (χ4v) is 4.45. The van der Waals surface area contributed by atoms with Crippen LogP contribution in [0.1, 0.15) is 37.8 Å². The molecule has 160 valence electrons. The highest BCUT2D eigenvalue weighted by atomic mass is 16.5. The van der Waals surface area contributed by atoms with Crippen LogP contribution in [-0.2, 0) is 9.53 Å². The van der Waals surface area contributed by atoms with Crippen LogP contribution in [-0.4, -0.2) is 74.2 Å². The molecule has 0 saturated carbocycles. The second kappa shape index (κ2) is 9.88. The predicted molar refractivity (Wildman–Crippen MR) is 119 cm³/mol. The SMILES string of the molecule is Cc1ccc(/C(=C/C(=O)NCC2(N3CCOCC3)CCN(C)CC2)C(C)C)cc1. The summed E-state index contributed by atoms with van der Waals surface area (Å²) in [4.78, 5) is 17.8. The molecule has 3 rings (SSSR count). The molecule has 2 fully saturated rings. The lowest BCUT2D eigenvalue weighted by Gasteiger charge is -2.49. The molecule has 2 aliphatic rings. The van der Waals surface area contributed by atoms with Gasteiger partial charge in [0, 0.05) is 31.2 Å². The molecule has 0 aromatic heterocycles. The molecule has 1 amide bonds. The van der Waals surface area contributed by atoms with Crippen molar-refractivity contribution in [3.05, 3.63) is 41.5 Å². The summed E-state index contributed by atoms with van der Waals surface area (Å²) in [5, 5.41) is 3.26. The molecule has 2 heterocycles. The number of piperidine rings is 1. The van der Waals surface area contributed by atoms with Crippen LogP contribution in [0.4, 0.5) is 0 Å². The summed E-state index contributed by atoms with van der Waals surface area (Å²) in [5.41, 5.74) is 3.49. The quantitative estimate of drug-likeness (QED) is 0.747. The van der Waals surface area contributed by atoms with E-state index in [9.17, 15) is 4.79 Å². The van der Waals surface area contributed by atoms with Gasteiger partial charge in [-0.3, -0.25) is 9.69 Å². The molecule has 1 aromatic carbocycles. The van der Waals surface area contributed by atoms with Crippen molar-refractivity contribution in [3.8, 4) is 0 Å². The Kier molecular flexibility index (Phi) is 7.49. The maximum absolute atomic E-state index is 12.9. The number of hydrogen-bond acceptors (Lipinski definition) is 4. The Balaban J connectivity index is 1.71. The van der Waals surface area contributed by atoms with Gasteiger partial charge in [0.15, 0.2) is 0 Å². The molecule has 2 aliphatic heterocycles. The van der Waals surface area contributed by atoms with Crippen LogP contribution < -0.4 is 5.32 Å². The first-order valence-electron chi connectivity index (χ1n) is 11.0. The maximum Gasteiger partial charge on any atom is 0.244 e. The van der Waals surface area contributed by atoms with Crippen molar-refractivity contribution in [2.75, 3.05) is 53.0 Å². The van der Waals surface area contributed by atoms with Gasteiger partial charge in [-0.05, 0) is 57.0 Å². The Bertz CT molecular complexity index is 697. The second-order valence-electron chi connectivity index (χ2n) is 8.97. The van der Waals surface area contributed by atoms with Crippen LogP contribution in [0.3, 0.4) is 0 Å². The van der Waals surface area contributed by atoms with Crippen LogP contribution in [0.15, 0.2) is 30.3 Å². The fourth-order valence-electron chi connectivity index (χ4n) is 4.45. The zero-order chi connectivity index (χ0) is 20.9. The third-order valence-electron chi connectivity index (χ3n) is 6.48. The van der Waals surface area contributed by atoms with Gasteiger partial charge in [-0.1, -0.05) is 43.7 Å². The normalized spacial score (nSPS) is 21.3. The molecule has 0 radical (unpaired) electrons. The van der Waals surface area contributed by atoms with Gasteiger partial charge in [0.1, 0.15) is 0 Å². The van der Waals surface area contributed by atoms with Gasteiger partial charge in [-0.25, -0.2) is 0 Å². The van der Waals surface area contributed by atoms with Crippen molar-refractivity contribution in [1.29, 1.82) is 0 Å². The molecular weight excluding hydrogens is 362 g/mol. The van der Waals surface area contributed by atoms with E-state index in [0.29, 0.717) is 12.5 Å². The zero-order valence-corrected chi connectivity index (χ0v) is 18.5. The van der Waals surface area contributed by atoms with Crippen LogP contribution in [0, 0.1) is 12.8 Å². The second-order valence-corrected chi connectivity index (χ2v) is 8.97. The Morgan fingerprint density at radius 3 is 2.34 bits per heavy atom. The van der Waals surface area contributed by atoms with Crippen LogP contribution in [0.2, 0.25) is 0 Å². The maximum atomic E-state index is 12.9. The van der Waals surface area contributed by atoms with Gasteiger partial charge in [0.25, 0.3) is 0 Å². The minimum atomic E-state index is 0.0147. The summed E-state index contributed by atoms with van der Waals surface area (Å²) in [6, 6.07) is 8.44. The van der Waals surface area contributed by atoms with E-state index in [1.165, 1.54) is 5.56 Å². The highest BCUT2D eigenvalue weighted by Crippen LogP contribution is 2.29. The molecular formula is C24H37N3O2. The summed E-state index contributed by atoms with van der Waals surface area (Å²) < 4.78 is 5.57. The highest BCUT2D eigenvalue weighted by molar-refractivity contribution is 5.95. The lowest BCUT2D eigenvalue weighted by atomic mass is 9.85. The van der Waals surface area contributed by atoms with E-state index in [2.05, 4.69) is 67.2 Å². The number of morpholine rings is 1. The fraction of sp³-hybridized carbons (Fsp3) is 0.625. The number of nitrogens with one attached hydrogen (secondary N) is 1. The molecule has 5 nitrogen and oxygen atoms in total. The van der Waals surface area contributed by atoms with E-state index in [4.69, 9.17) is 4.74 Å². The number of amides is 1. The summed E-state index contributed by atoms with van der Waals surface area (Å²) in [5.74, 6) is 0.306. The predicted octanol–water partition coefficient (Wildman–Crippen LogP) is 2.95. The summed E-state index contributed by atoms with van der Waals surface area (Å²) in [7, 11) is 2.18. The van der Waals surface area contributed by atoms with Gasteiger partial charge >= 0.3 is 0 Å². The molecule has 0 atom stereocenters. The number of allylic oxidation sites excluding steroid dienone is 1. The van der Waals surface area contributed by atoms with Crippen LogP contribution in [0.5, 0.6) is 0 Å². The zero-order valence-electron chi connectivity index (χ0n) is 18.5. The third-order valence-corrected chi connectivity index (χ3v) is 6.48. The molecule has 0 spiro atoms. The van der Waals surface area contributed by atoms with Gasteiger partial charge in [0.2, 0.25) is 5.91 Å². The van der Waals surface area contributed by atoms with Crippen molar-refractivity contribution in [2.24, 2.45) is 5.92 Å². The number of carbonyl (C=O) groups is 1. The monoisotopic (exact) mass is 399 g/mol. The van der Waals surface area contributed by atoms with Gasteiger partial charge in [0.05, 0.1) is 13.2 Å². The van der Waals surface area contributed by atoms with Crippen molar-refractivity contribution in [2.45, 2.75) is 39.2 Å². The number of aryl methyl sites for hydroxylation is 1. The first kappa shape index (κ1) is 22.0. The van der Waals surface area contributed by atoms with Crippen molar-refractivity contribution in [3.63, 3.8) is 0 Å². The summed E-state index contributed by atoms with van der Waals surface area (Å²) in [6.07, 6.45) is 3.97. The van der Waals surface area contributed by atoms with E-state index in [-0.39, 0.29) is 11.4 Å². The largest absolute Gasteiger partial charge is 0.379 e. The summed E-state index contributed by atoms with van der Waals surface area (Å²) >= 11 is 0. The summed E-state index contributed by atoms with van der Waals surface area (Å²) in [6.45, 7) is 12.7. The van der Waals surface area contributed by atoms with E-state index >= 15 is 0 Å². The third kappa shape index (κ3) is 5.68. The lowest BCUT2D eigenvalue weighted by molar-refractivity contribution is -0.118. The Labute approximate surface area is 176 Å².